The third-order valence-corrected chi connectivity index (χ3v) is 5.98. The van der Waals surface area contributed by atoms with E-state index in [-0.39, 0.29) is 30.1 Å². The van der Waals surface area contributed by atoms with E-state index in [4.69, 9.17) is 0 Å². The molecule has 9 heteroatoms. The van der Waals surface area contributed by atoms with Crippen molar-refractivity contribution < 1.29 is 14.4 Å². The van der Waals surface area contributed by atoms with E-state index in [1.807, 2.05) is 28.8 Å². The summed E-state index contributed by atoms with van der Waals surface area (Å²) in [5, 5.41) is 14.0. The van der Waals surface area contributed by atoms with E-state index in [0.717, 1.165) is 24.3 Å². The number of hydrogen-bond acceptors (Lipinski definition) is 5. The number of rotatable bonds is 3. The van der Waals surface area contributed by atoms with Crippen molar-refractivity contribution in [1.29, 1.82) is 0 Å². The molecule has 0 saturated carbocycles. The zero-order chi connectivity index (χ0) is 21.4. The molecule has 5 rings (SSSR count). The fourth-order valence-electron chi connectivity index (χ4n) is 4.28. The van der Waals surface area contributed by atoms with Gasteiger partial charge in [0, 0.05) is 25.2 Å². The standard InChI is InChI=1S/C22H22N6O3/c29-19(13-17-22(31)23-16-6-2-1-5-15(16)21(30)24-17)27-11-8-14(9-12-27)20-26-25-18-7-3-4-10-28(18)20/h1-7,10,14,17H,8-9,11-13H2,(H,23,31)(H,24,30)/t17-/m1/s1. The molecule has 3 aromatic rings. The molecular weight excluding hydrogens is 396 g/mol. The van der Waals surface area contributed by atoms with E-state index in [1.165, 1.54) is 0 Å². The summed E-state index contributed by atoms with van der Waals surface area (Å²) in [6.07, 6.45) is 3.43. The average molecular weight is 418 g/mol. The number of piperidine rings is 1. The number of pyridine rings is 1. The van der Waals surface area contributed by atoms with Crippen LogP contribution in [0.25, 0.3) is 5.65 Å². The van der Waals surface area contributed by atoms with Crippen molar-refractivity contribution in [3.05, 3.63) is 60.0 Å². The molecule has 9 nitrogen and oxygen atoms in total. The Bertz CT molecular complexity index is 1160. The molecule has 0 aliphatic carbocycles. The van der Waals surface area contributed by atoms with Gasteiger partial charge in [0.25, 0.3) is 5.91 Å². The number of likely N-dealkylation sites (tertiary alicyclic amines) is 1. The average Bonchev–Trinajstić information content (AvgIpc) is 3.18. The molecule has 2 aliphatic rings. The highest BCUT2D eigenvalue weighted by molar-refractivity contribution is 6.10. The third kappa shape index (κ3) is 3.63. The molecule has 1 atom stereocenters. The van der Waals surface area contributed by atoms with Crippen LogP contribution in [0, 0.1) is 0 Å². The molecule has 1 saturated heterocycles. The van der Waals surface area contributed by atoms with Crippen molar-refractivity contribution in [3.8, 4) is 0 Å². The van der Waals surface area contributed by atoms with E-state index in [1.54, 1.807) is 29.2 Å². The van der Waals surface area contributed by atoms with Gasteiger partial charge in [0.2, 0.25) is 11.8 Å². The van der Waals surface area contributed by atoms with Gasteiger partial charge in [-0.25, -0.2) is 0 Å². The number of para-hydroxylation sites is 1. The molecule has 158 valence electrons. The van der Waals surface area contributed by atoms with Crippen LogP contribution in [-0.4, -0.2) is 56.4 Å². The number of carbonyl (C=O) groups is 3. The fraction of sp³-hybridized carbons (Fsp3) is 0.318. The molecule has 0 unspecified atom stereocenters. The highest BCUT2D eigenvalue weighted by Gasteiger charge is 2.32. The van der Waals surface area contributed by atoms with Gasteiger partial charge in [-0.1, -0.05) is 18.2 Å². The van der Waals surface area contributed by atoms with Gasteiger partial charge in [0.15, 0.2) is 5.65 Å². The number of aromatic nitrogens is 3. The summed E-state index contributed by atoms with van der Waals surface area (Å²) in [4.78, 5) is 39.6. The summed E-state index contributed by atoms with van der Waals surface area (Å²) in [6.45, 7) is 1.15. The van der Waals surface area contributed by atoms with Crippen LogP contribution in [0.5, 0.6) is 0 Å². The lowest BCUT2D eigenvalue weighted by Crippen LogP contribution is -2.46. The first-order valence-electron chi connectivity index (χ1n) is 10.4. The minimum Gasteiger partial charge on any atom is -0.343 e. The van der Waals surface area contributed by atoms with Crippen molar-refractivity contribution in [2.45, 2.75) is 31.2 Å². The zero-order valence-electron chi connectivity index (χ0n) is 16.8. The summed E-state index contributed by atoms with van der Waals surface area (Å²) >= 11 is 0. The van der Waals surface area contributed by atoms with Crippen LogP contribution in [0.4, 0.5) is 5.69 Å². The molecule has 0 spiro atoms. The Morgan fingerprint density at radius 2 is 1.81 bits per heavy atom. The second-order valence-corrected chi connectivity index (χ2v) is 7.91. The molecular formula is C22H22N6O3. The Hall–Kier alpha value is -3.75. The quantitative estimate of drug-likeness (QED) is 0.671. The lowest BCUT2D eigenvalue weighted by Gasteiger charge is -2.32. The van der Waals surface area contributed by atoms with Crippen LogP contribution in [0.2, 0.25) is 0 Å². The van der Waals surface area contributed by atoms with E-state index < -0.39 is 6.04 Å². The number of benzene rings is 1. The smallest absolute Gasteiger partial charge is 0.254 e. The van der Waals surface area contributed by atoms with E-state index in [2.05, 4.69) is 20.8 Å². The van der Waals surface area contributed by atoms with Crippen molar-refractivity contribution in [3.63, 3.8) is 0 Å². The van der Waals surface area contributed by atoms with Crippen LogP contribution in [0.3, 0.4) is 0 Å². The Morgan fingerprint density at radius 1 is 1.03 bits per heavy atom. The molecule has 31 heavy (non-hydrogen) atoms. The van der Waals surface area contributed by atoms with Gasteiger partial charge in [0.1, 0.15) is 11.9 Å². The molecule has 2 aromatic heterocycles. The van der Waals surface area contributed by atoms with Gasteiger partial charge >= 0.3 is 0 Å². The predicted octanol–water partition coefficient (Wildman–Crippen LogP) is 1.58. The highest BCUT2D eigenvalue weighted by atomic mass is 16.2. The Balaban J connectivity index is 1.22. The number of anilines is 1. The first kappa shape index (κ1) is 19.2. The summed E-state index contributed by atoms with van der Waals surface area (Å²) in [5.41, 5.74) is 1.67. The third-order valence-electron chi connectivity index (χ3n) is 5.98. The van der Waals surface area contributed by atoms with Gasteiger partial charge < -0.3 is 15.5 Å². The SMILES string of the molecule is O=C1N[C@H](CC(=O)N2CCC(c3nnc4ccccn34)CC2)C(=O)Nc2ccccc21. The van der Waals surface area contributed by atoms with E-state index in [9.17, 15) is 14.4 Å². The maximum absolute atomic E-state index is 12.9. The Morgan fingerprint density at radius 3 is 2.65 bits per heavy atom. The van der Waals surface area contributed by atoms with Crippen molar-refractivity contribution in [1.82, 2.24) is 24.8 Å². The summed E-state index contributed by atoms with van der Waals surface area (Å²) < 4.78 is 1.99. The number of nitrogens with one attached hydrogen (secondary N) is 2. The van der Waals surface area contributed by atoms with Crippen LogP contribution in [0.1, 0.15) is 41.4 Å². The molecule has 2 N–H and O–H groups in total. The number of hydrogen-bond donors (Lipinski definition) is 2. The maximum Gasteiger partial charge on any atom is 0.254 e. The van der Waals surface area contributed by atoms with Gasteiger partial charge in [-0.15, -0.1) is 10.2 Å². The highest BCUT2D eigenvalue weighted by Crippen LogP contribution is 2.27. The molecule has 2 aliphatic heterocycles. The number of fused-ring (bicyclic) bond motifs is 2. The molecule has 4 heterocycles. The van der Waals surface area contributed by atoms with Crippen molar-refractivity contribution >= 4 is 29.1 Å². The predicted molar refractivity (Wildman–Crippen MR) is 112 cm³/mol. The molecule has 3 amide bonds. The van der Waals surface area contributed by atoms with Gasteiger partial charge in [-0.3, -0.25) is 18.8 Å². The largest absolute Gasteiger partial charge is 0.343 e. The summed E-state index contributed by atoms with van der Waals surface area (Å²) in [6, 6.07) is 11.7. The molecule has 1 aromatic carbocycles. The van der Waals surface area contributed by atoms with Crippen LogP contribution >= 0.6 is 0 Å². The van der Waals surface area contributed by atoms with Gasteiger partial charge in [-0.05, 0) is 37.1 Å². The lowest BCUT2D eigenvalue weighted by atomic mass is 9.95. The fourth-order valence-corrected chi connectivity index (χ4v) is 4.28. The van der Waals surface area contributed by atoms with E-state index in [0.29, 0.717) is 24.3 Å². The first-order valence-corrected chi connectivity index (χ1v) is 10.4. The van der Waals surface area contributed by atoms with Crippen molar-refractivity contribution in [2.24, 2.45) is 0 Å². The van der Waals surface area contributed by atoms with Crippen LogP contribution < -0.4 is 10.6 Å². The number of carbonyl (C=O) groups excluding carboxylic acids is 3. The van der Waals surface area contributed by atoms with Crippen LogP contribution in [-0.2, 0) is 9.59 Å². The zero-order valence-corrected chi connectivity index (χ0v) is 16.8. The summed E-state index contributed by atoms with van der Waals surface area (Å²) in [5.74, 6) is 0.254. The minimum absolute atomic E-state index is 0.0654. The second-order valence-electron chi connectivity index (χ2n) is 7.91. The monoisotopic (exact) mass is 418 g/mol. The topological polar surface area (TPSA) is 109 Å². The second kappa shape index (κ2) is 7.82. The Kier molecular flexibility index (Phi) is 4.85. The van der Waals surface area contributed by atoms with Crippen LogP contribution in [0.15, 0.2) is 48.7 Å². The van der Waals surface area contributed by atoms with E-state index >= 15 is 0 Å². The molecule has 0 bridgehead atoms. The van der Waals surface area contributed by atoms with Gasteiger partial charge in [0.05, 0.1) is 17.7 Å². The minimum atomic E-state index is -0.898. The van der Waals surface area contributed by atoms with Crippen molar-refractivity contribution in [2.75, 3.05) is 18.4 Å². The summed E-state index contributed by atoms with van der Waals surface area (Å²) in [7, 11) is 0. The first-order chi connectivity index (χ1) is 15.1. The number of nitrogens with zero attached hydrogens (tertiary/aromatic N) is 4. The Labute approximate surface area is 178 Å². The molecule has 1 fully saturated rings. The lowest BCUT2D eigenvalue weighted by molar-refractivity contribution is -0.134. The normalized spacial score (nSPS) is 19.5. The number of amides is 3. The van der Waals surface area contributed by atoms with Gasteiger partial charge in [-0.2, -0.15) is 0 Å². The molecule has 0 radical (unpaired) electrons. The maximum atomic E-state index is 12.9.